The second kappa shape index (κ2) is 6.90. The highest BCUT2D eigenvalue weighted by Gasteiger charge is 2.45. The Labute approximate surface area is 153 Å². The van der Waals surface area contributed by atoms with Gasteiger partial charge in [0.1, 0.15) is 0 Å². The number of aromatic hydroxyl groups is 1. The van der Waals surface area contributed by atoms with Gasteiger partial charge in [-0.15, -0.1) is 0 Å². The van der Waals surface area contributed by atoms with Gasteiger partial charge in [0.25, 0.3) is 0 Å². The van der Waals surface area contributed by atoms with Crippen molar-refractivity contribution in [1.82, 2.24) is 4.31 Å². The molecule has 0 spiro atoms. The van der Waals surface area contributed by atoms with Gasteiger partial charge in [0.05, 0.1) is 24.2 Å². The fourth-order valence-electron chi connectivity index (χ4n) is 3.58. The van der Waals surface area contributed by atoms with Gasteiger partial charge in [0.2, 0.25) is 10.0 Å². The van der Waals surface area contributed by atoms with E-state index in [1.165, 1.54) is 17.5 Å². The quantitative estimate of drug-likeness (QED) is 0.855. The molecule has 0 radical (unpaired) electrons. The number of ether oxygens (including phenoxy) is 1. The van der Waals surface area contributed by atoms with Gasteiger partial charge in [-0.2, -0.15) is 4.31 Å². The first-order valence-electron chi connectivity index (χ1n) is 8.44. The van der Waals surface area contributed by atoms with Gasteiger partial charge in [-0.25, -0.2) is 8.42 Å². The second-order valence-corrected chi connectivity index (χ2v) is 8.46. The lowest BCUT2D eigenvalue weighted by molar-refractivity contribution is 0.0681. The number of methoxy groups -OCH3 is 1. The highest BCUT2D eigenvalue weighted by molar-refractivity contribution is 7.89. The van der Waals surface area contributed by atoms with Crippen LogP contribution in [0.2, 0.25) is 0 Å². The van der Waals surface area contributed by atoms with Crippen LogP contribution in [0, 0.1) is 0 Å². The summed E-state index contributed by atoms with van der Waals surface area (Å²) in [4.78, 5) is 0.132. The summed E-state index contributed by atoms with van der Waals surface area (Å²) >= 11 is 0. The van der Waals surface area contributed by atoms with Gasteiger partial charge in [-0.05, 0) is 38.0 Å². The van der Waals surface area contributed by atoms with Gasteiger partial charge in [0.15, 0.2) is 11.5 Å². The summed E-state index contributed by atoms with van der Waals surface area (Å²) in [5.41, 5.74) is 0.908. The van der Waals surface area contributed by atoms with E-state index in [4.69, 9.17) is 4.74 Å². The molecule has 2 aromatic rings. The molecule has 0 aromatic heterocycles. The molecule has 7 heteroatoms. The molecule has 2 aromatic carbocycles. The number of benzene rings is 2. The molecule has 0 unspecified atom stereocenters. The zero-order valence-electron chi connectivity index (χ0n) is 15.0. The summed E-state index contributed by atoms with van der Waals surface area (Å²) < 4.78 is 32.7. The number of sulfonamides is 1. The number of phenolic OH excluding ortho intramolecular Hbond substituents is 1. The molecule has 0 aliphatic carbocycles. The zero-order valence-corrected chi connectivity index (χ0v) is 15.8. The third-order valence-corrected chi connectivity index (χ3v) is 6.90. The van der Waals surface area contributed by atoms with Gasteiger partial charge in [0, 0.05) is 11.6 Å². The minimum absolute atomic E-state index is 0.0397. The predicted octanol–water partition coefficient (Wildman–Crippen LogP) is 2.46. The number of hydrogen-bond acceptors (Lipinski definition) is 5. The topological polar surface area (TPSA) is 87.1 Å². The number of phenols is 1. The van der Waals surface area contributed by atoms with E-state index in [0.29, 0.717) is 16.9 Å². The number of hydrogen-bond donors (Lipinski definition) is 2. The standard InChI is InChI=1S/C19H23NO5S/c1-12(2)20-15(11-13-7-6-9-16(25-3)18(13)21)19(22)14-8-4-5-10-17(14)26(20,23)24/h4-10,12,15,19,21-22H,11H2,1-3H3/t15-,19-/m0/s1. The molecule has 0 amide bonds. The smallest absolute Gasteiger partial charge is 0.244 e. The van der Waals surface area contributed by atoms with Crippen LogP contribution in [-0.2, 0) is 16.4 Å². The van der Waals surface area contributed by atoms with Crippen molar-refractivity contribution in [2.75, 3.05) is 7.11 Å². The summed E-state index contributed by atoms with van der Waals surface area (Å²) in [6.07, 6.45) is -0.835. The maximum Gasteiger partial charge on any atom is 0.244 e. The van der Waals surface area contributed by atoms with E-state index >= 15 is 0 Å². The van der Waals surface area contributed by atoms with Crippen LogP contribution >= 0.6 is 0 Å². The van der Waals surface area contributed by atoms with Crippen LogP contribution in [0.5, 0.6) is 11.5 Å². The summed E-state index contributed by atoms with van der Waals surface area (Å²) in [5.74, 6) is 0.273. The van der Waals surface area contributed by atoms with Gasteiger partial charge < -0.3 is 14.9 Å². The monoisotopic (exact) mass is 377 g/mol. The van der Waals surface area contributed by atoms with Crippen molar-refractivity contribution in [3.8, 4) is 11.5 Å². The lowest BCUT2D eigenvalue weighted by atomic mass is 9.94. The molecule has 0 fully saturated rings. The first-order valence-corrected chi connectivity index (χ1v) is 9.88. The first-order chi connectivity index (χ1) is 12.3. The molecule has 1 aliphatic rings. The number of aliphatic hydroxyl groups excluding tert-OH is 1. The van der Waals surface area contributed by atoms with Crippen molar-refractivity contribution in [3.63, 3.8) is 0 Å². The number of fused-ring (bicyclic) bond motifs is 1. The maximum atomic E-state index is 13.1. The molecular weight excluding hydrogens is 354 g/mol. The molecule has 140 valence electrons. The highest BCUT2D eigenvalue weighted by Crippen LogP contribution is 2.41. The third-order valence-electron chi connectivity index (χ3n) is 4.72. The Bertz CT molecular complexity index is 910. The summed E-state index contributed by atoms with van der Waals surface area (Å²) in [6, 6.07) is 10.5. The Balaban J connectivity index is 2.11. The fourth-order valence-corrected chi connectivity index (χ4v) is 5.65. The normalized spacial score (nSPS) is 22.2. The van der Waals surface area contributed by atoms with Crippen LogP contribution in [0.4, 0.5) is 0 Å². The molecular formula is C19H23NO5S. The molecule has 1 aliphatic heterocycles. The van der Waals surface area contributed by atoms with Crippen molar-refractivity contribution in [2.45, 2.75) is 43.4 Å². The Morgan fingerprint density at radius 1 is 1.15 bits per heavy atom. The van der Waals surface area contributed by atoms with Crippen LogP contribution in [0.3, 0.4) is 0 Å². The molecule has 2 N–H and O–H groups in total. The number of para-hydroxylation sites is 1. The molecule has 0 saturated carbocycles. The number of nitrogens with zero attached hydrogens (tertiary/aromatic N) is 1. The Hall–Kier alpha value is -2.09. The van der Waals surface area contributed by atoms with E-state index in [-0.39, 0.29) is 23.1 Å². The van der Waals surface area contributed by atoms with E-state index in [9.17, 15) is 18.6 Å². The Morgan fingerprint density at radius 2 is 1.85 bits per heavy atom. The van der Waals surface area contributed by atoms with Crippen molar-refractivity contribution in [3.05, 3.63) is 53.6 Å². The van der Waals surface area contributed by atoms with E-state index in [1.807, 2.05) is 0 Å². The largest absolute Gasteiger partial charge is 0.504 e. The zero-order chi connectivity index (χ0) is 19.1. The lowest BCUT2D eigenvalue weighted by Crippen LogP contribution is -2.52. The third kappa shape index (κ3) is 2.96. The van der Waals surface area contributed by atoms with Crippen molar-refractivity contribution in [1.29, 1.82) is 0 Å². The van der Waals surface area contributed by atoms with Crippen molar-refractivity contribution < 1.29 is 23.4 Å². The molecule has 1 heterocycles. The summed E-state index contributed by atoms with van der Waals surface area (Å²) in [6.45, 7) is 3.55. The van der Waals surface area contributed by atoms with Crippen LogP contribution in [-0.4, -0.2) is 42.1 Å². The summed E-state index contributed by atoms with van der Waals surface area (Å²) in [7, 11) is -2.30. The SMILES string of the molecule is COc1cccc(C[C@H]2[C@@H](O)c3ccccc3S(=O)(=O)N2C(C)C)c1O. The van der Waals surface area contributed by atoms with Gasteiger partial charge in [-0.1, -0.05) is 30.3 Å². The molecule has 0 bridgehead atoms. The van der Waals surface area contributed by atoms with Crippen LogP contribution in [0.1, 0.15) is 31.1 Å². The van der Waals surface area contributed by atoms with E-state index in [0.717, 1.165) is 0 Å². The average Bonchev–Trinajstić information content (AvgIpc) is 2.60. The highest BCUT2D eigenvalue weighted by atomic mass is 32.2. The fraction of sp³-hybridized carbons (Fsp3) is 0.368. The van der Waals surface area contributed by atoms with Crippen LogP contribution in [0.15, 0.2) is 47.4 Å². The minimum Gasteiger partial charge on any atom is -0.504 e. The number of rotatable bonds is 4. The van der Waals surface area contributed by atoms with Crippen LogP contribution in [0.25, 0.3) is 0 Å². The van der Waals surface area contributed by atoms with Crippen molar-refractivity contribution in [2.24, 2.45) is 0 Å². The van der Waals surface area contributed by atoms with E-state index in [1.54, 1.807) is 50.2 Å². The van der Waals surface area contributed by atoms with E-state index in [2.05, 4.69) is 0 Å². The summed E-state index contributed by atoms with van der Waals surface area (Å²) in [5, 5.41) is 21.3. The van der Waals surface area contributed by atoms with Gasteiger partial charge >= 0.3 is 0 Å². The molecule has 3 rings (SSSR count). The molecule has 26 heavy (non-hydrogen) atoms. The van der Waals surface area contributed by atoms with Crippen molar-refractivity contribution >= 4 is 10.0 Å². The Morgan fingerprint density at radius 3 is 2.50 bits per heavy atom. The average molecular weight is 377 g/mol. The number of aliphatic hydroxyl groups is 1. The maximum absolute atomic E-state index is 13.1. The Kier molecular flexibility index (Phi) is 4.96. The van der Waals surface area contributed by atoms with E-state index < -0.39 is 22.2 Å². The molecule has 6 nitrogen and oxygen atoms in total. The molecule has 0 saturated heterocycles. The lowest BCUT2D eigenvalue weighted by Gasteiger charge is -2.41. The second-order valence-electron chi connectivity index (χ2n) is 6.65. The minimum atomic E-state index is -3.75. The predicted molar refractivity (Wildman–Crippen MR) is 97.7 cm³/mol. The van der Waals surface area contributed by atoms with Crippen LogP contribution < -0.4 is 4.74 Å². The van der Waals surface area contributed by atoms with Gasteiger partial charge in [-0.3, -0.25) is 0 Å². The first kappa shape index (κ1) is 18.7. The molecule has 2 atom stereocenters.